The summed E-state index contributed by atoms with van der Waals surface area (Å²) in [7, 11) is -3.21. The van der Waals surface area contributed by atoms with Gasteiger partial charge in [-0.3, -0.25) is 4.79 Å². The van der Waals surface area contributed by atoms with Crippen molar-refractivity contribution >= 4 is 21.6 Å². The van der Waals surface area contributed by atoms with E-state index in [0.29, 0.717) is 24.6 Å². The molecule has 2 N–H and O–H groups in total. The van der Waals surface area contributed by atoms with Gasteiger partial charge in [-0.1, -0.05) is 6.07 Å². The summed E-state index contributed by atoms with van der Waals surface area (Å²) in [6, 6.07) is 7.74. The zero-order chi connectivity index (χ0) is 22.6. The summed E-state index contributed by atoms with van der Waals surface area (Å²) in [5.41, 5.74) is 1.64. The first-order valence-corrected chi connectivity index (χ1v) is 13.0. The molecule has 1 saturated carbocycles. The van der Waals surface area contributed by atoms with Crippen LogP contribution in [0.25, 0.3) is 0 Å². The van der Waals surface area contributed by atoms with Crippen molar-refractivity contribution in [3.63, 3.8) is 0 Å². The Kier molecular flexibility index (Phi) is 7.99. The lowest BCUT2D eigenvalue weighted by Gasteiger charge is -2.35. The molecule has 2 fully saturated rings. The van der Waals surface area contributed by atoms with Crippen molar-refractivity contribution < 1.29 is 17.9 Å². The van der Waals surface area contributed by atoms with E-state index in [-0.39, 0.29) is 24.2 Å². The Balaban J connectivity index is 1.49. The third-order valence-corrected chi connectivity index (χ3v) is 8.11. The number of hydrogen-bond donors (Lipinski definition) is 2. The zero-order valence-corrected chi connectivity index (χ0v) is 20.0. The predicted octanol–water partition coefficient (Wildman–Crippen LogP) is 3.23. The first-order valence-electron chi connectivity index (χ1n) is 11.4. The summed E-state index contributed by atoms with van der Waals surface area (Å²) in [6.07, 6.45) is 3.80. The minimum Gasteiger partial charge on any atom is -0.385 e. The van der Waals surface area contributed by atoms with E-state index in [4.69, 9.17) is 4.74 Å². The van der Waals surface area contributed by atoms with Crippen LogP contribution in [0.1, 0.15) is 63.7 Å². The molecule has 0 spiro atoms. The largest absolute Gasteiger partial charge is 0.385 e. The number of amides is 1. The van der Waals surface area contributed by atoms with Crippen LogP contribution in [-0.4, -0.2) is 62.4 Å². The van der Waals surface area contributed by atoms with Crippen molar-refractivity contribution in [2.45, 2.75) is 76.9 Å². The number of hydrogen-bond acceptors (Lipinski definition) is 5. The second kappa shape index (κ2) is 10.3. The van der Waals surface area contributed by atoms with E-state index in [2.05, 4.69) is 10.0 Å². The monoisotopic (exact) mass is 451 g/mol. The number of benzene rings is 1. The molecule has 1 heterocycles. The van der Waals surface area contributed by atoms with Gasteiger partial charge in [0, 0.05) is 36.9 Å². The Bertz CT molecular complexity index is 840. The molecule has 3 rings (SSSR count). The van der Waals surface area contributed by atoms with Gasteiger partial charge in [-0.15, -0.1) is 0 Å². The van der Waals surface area contributed by atoms with Crippen LogP contribution in [0, 0.1) is 5.92 Å². The van der Waals surface area contributed by atoms with Crippen LogP contribution in [0.2, 0.25) is 0 Å². The van der Waals surface area contributed by atoms with E-state index >= 15 is 0 Å². The van der Waals surface area contributed by atoms with E-state index in [1.54, 1.807) is 13.8 Å². The average molecular weight is 452 g/mol. The Morgan fingerprint density at radius 3 is 2.39 bits per heavy atom. The molecule has 1 saturated heterocycles. The van der Waals surface area contributed by atoms with Gasteiger partial charge in [0.1, 0.15) is 0 Å². The molecule has 0 aromatic heterocycles. The van der Waals surface area contributed by atoms with Crippen LogP contribution in [0.15, 0.2) is 24.3 Å². The summed E-state index contributed by atoms with van der Waals surface area (Å²) in [6.45, 7) is 9.46. The van der Waals surface area contributed by atoms with Crippen molar-refractivity contribution in [1.29, 1.82) is 0 Å². The summed E-state index contributed by atoms with van der Waals surface area (Å²) >= 11 is 0. The molecule has 1 aromatic rings. The number of rotatable bonds is 7. The van der Waals surface area contributed by atoms with Gasteiger partial charge in [0.05, 0.1) is 17.5 Å². The van der Waals surface area contributed by atoms with E-state index in [9.17, 15) is 13.2 Å². The fourth-order valence-electron chi connectivity index (χ4n) is 4.40. The molecule has 1 aliphatic carbocycles. The summed E-state index contributed by atoms with van der Waals surface area (Å²) < 4.78 is 32.7. The quantitative estimate of drug-likeness (QED) is 0.665. The molecular formula is C23H37N3O4S. The first kappa shape index (κ1) is 24.0. The Morgan fingerprint density at radius 1 is 1.13 bits per heavy atom. The molecular weight excluding hydrogens is 414 g/mol. The number of anilines is 1. The van der Waals surface area contributed by atoms with Crippen LogP contribution in [-0.2, 0) is 14.8 Å². The molecule has 0 bridgehead atoms. The van der Waals surface area contributed by atoms with Crippen molar-refractivity contribution in [3.05, 3.63) is 29.8 Å². The minimum absolute atomic E-state index is 0.0444. The number of nitrogens with one attached hydrogen (secondary N) is 2. The number of morpholine rings is 1. The number of ether oxygens (including phenoxy) is 1. The van der Waals surface area contributed by atoms with Crippen LogP contribution >= 0.6 is 0 Å². The molecule has 1 amide bonds. The number of carbonyl (C=O) groups is 1. The van der Waals surface area contributed by atoms with Gasteiger partial charge >= 0.3 is 0 Å². The lowest BCUT2D eigenvalue weighted by atomic mass is 9.86. The van der Waals surface area contributed by atoms with Gasteiger partial charge < -0.3 is 15.0 Å². The Labute approximate surface area is 187 Å². The number of sulfonamides is 1. The molecule has 1 aromatic carbocycles. The molecule has 1 aliphatic heterocycles. The lowest BCUT2D eigenvalue weighted by Crippen LogP contribution is -2.48. The SMILES string of the molecule is CC1CN(C(=O)c2cccc(NCC3CCC(NS(=O)(=O)C(C)C)CC3)c2)CC(C)O1. The van der Waals surface area contributed by atoms with Crippen LogP contribution in [0.4, 0.5) is 5.69 Å². The Hall–Kier alpha value is -1.64. The molecule has 2 aliphatic rings. The topological polar surface area (TPSA) is 87.7 Å². The number of nitrogens with zero attached hydrogens (tertiary/aromatic N) is 1. The van der Waals surface area contributed by atoms with Gasteiger partial charge in [0.25, 0.3) is 5.91 Å². The lowest BCUT2D eigenvalue weighted by molar-refractivity contribution is -0.0586. The fraction of sp³-hybridized carbons (Fsp3) is 0.696. The highest BCUT2D eigenvalue weighted by Crippen LogP contribution is 2.26. The van der Waals surface area contributed by atoms with Crippen LogP contribution in [0.3, 0.4) is 0 Å². The van der Waals surface area contributed by atoms with Crippen molar-refractivity contribution in [3.8, 4) is 0 Å². The molecule has 7 nitrogen and oxygen atoms in total. The van der Waals surface area contributed by atoms with Gasteiger partial charge in [-0.2, -0.15) is 0 Å². The highest BCUT2D eigenvalue weighted by atomic mass is 32.2. The third kappa shape index (κ3) is 6.67. The standard InChI is InChI=1S/C23H37N3O4S/c1-16(2)31(28,29)25-21-10-8-19(9-11-21)13-24-22-7-5-6-20(12-22)23(27)26-14-17(3)30-18(4)15-26/h5-7,12,16-19,21,24-25H,8-11,13-15H2,1-4H3. The second-order valence-corrected chi connectivity index (χ2v) is 11.6. The highest BCUT2D eigenvalue weighted by molar-refractivity contribution is 7.90. The Morgan fingerprint density at radius 2 is 1.77 bits per heavy atom. The summed E-state index contributed by atoms with van der Waals surface area (Å²) in [4.78, 5) is 14.8. The summed E-state index contributed by atoms with van der Waals surface area (Å²) in [5.74, 6) is 0.545. The van der Waals surface area contributed by atoms with E-state index in [1.807, 2.05) is 43.0 Å². The highest BCUT2D eigenvalue weighted by Gasteiger charge is 2.28. The van der Waals surface area contributed by atoms with Gasteiger partial charge in [-0.25, -0.2) is 13.1 Å². The van der Waals surface area contributed by atoms with Gasteiger partial charge in [-0.05, 0) is 77.5 Å². The minimum atomic E-state index is -3.21. The zero-order valence-electron chi connectivity index (χ0n) is 19.1. The van der Waals surface area contributed by atoms with Gasteiger partial charge in [0.15, 0.2) is 0 Å². The molecule has 2 atom stereocenters. The molecule has 8 heteroatoms. The maximum absolute atomic E-state index is 12.9. The maximum atomic E-state index is 12.9. The van der Waals surface area contributed by atoms with Crippen LogP contribution < -0.4 is 10.0 Å². The normalized spacial score (nSPS) is 27.3. The first-order chi connectivity index (χ1) is 14.6. The molecule has 2 unspecified atom stereocenters. The molecule has 31 heavy (non-hydrogen) atoms. The average Bonchev–Trinajstić information content (AvgIpc) is 2.72. The van der Waals surface area contributed by atoms with E-state index < -0.39 is 15.3 Å². The van der Waals surface area contributed by atoms with Crippen molar-refractivity contribution in [2.24, 2.45) is 5.92 Å². The fourth-order valence-corrected chi connectivity index (χ4v) is 5.38. The predicted molar refractivity (Wildman–Crippen MR) is 124 cm³/mol. The molecule has 0 radical (unpaired) electrons. The van der Waals surface area contributed by atoms with Gasteiger partial charge in [0.2, 0.25) is 10.0 Å². The molecule has 174 valence electrons. The van der Waals surface area contributed by atoms with Crippen molar-refractivity contribution in [1.82, 2.24) is 9.62 Å². The smallest absolute Gasteiger partial charge is 0.254 e. The van der Waals surface area contributed by atoms with E-state index in [0.717, 1.165) is 37.9 Å². The second-order valence-electron chi connectivity index (χ2n) is 9.36. The summed E-state index contributed by atoms with van der Waals surface area (Å²) in [5, 5.41) is 3.08. The van der Waals surface area contributed by atoms with Crippen LogP contribution in [0.5, 0.6) is 0 Å². The number of carbonyl (C=O) groups excluding carboxylic acids is 1. The maximum Gasteiger partial charge on any atom is 0.254 e. The van der Waals surface area contributed by atoms with E-state index in [1.165, 1.54) is 0 Å². The third-order valence-electron chi connectivity index (χ3n) is 6.21. The van der Waals surface area contributed by atoms with Crippen molar-refractivity contribution in [2.75, 3.05) is 25.0 Å².